The molecule has 0 spiro atoms. The molecule has 3 rings (SSSR count). The third-order valence-corrected chi connectivity index (χ3v) is 5.39. The third kappa shape index (κ3) is 5.15. The standard InChI is InChI=1S/C23H26ClNO3/c1-2-28-21-6-4-3-5-18(21)7-12-22(26)25-17-23(13-15-27-16-14-23)19-8-10-20(24)11-9-19/h3-12H,2,13-17H2,1H3,(H,25,26). The third-order valence-electron chi connectivity index (χ3n) is 5.14. The van der Waals surface area contributed by atoms with Crippen LogP contribution < -0.4 is 10.1 Å². The second kappa shape index (κ2) is 9.76. The molecule has 0 aliphatic carbocycles. The van der Waals surface area contributed by atoms with Crippen molar-refractivity contribution in [2.75, 3.05) is 26.4 Å². The fourth-order valence-corrected chi connectivity index (χ4v) is 3.64. The zero-order valence-electron chi connectivity index (χ0n) is 16.1. The molecule has 1 aliphatic rings. The zero-order valence-corrected chi connectivity index (χ0v) is 16.9. The van der Waals surface area contributed by atoms with Crippen LogP contribution in [0.15, 0.2) is 54.6 Å². The molecule has 1 amide bonds. The van der Waals surface area contributed by atoms with E-state index < -0.39 is 0 Å². The molecule has 1 heterocycles. The Labute approximate surface area is 171 Å². The molecule has 5 heteroatoms. The predicted molar refractivity (Wildman–Crippen MR) is 113 cm³/mol. The molecule has 2 aromatic carbocycles. The van der Waals surface area contributed by atoms with Crippen molar-refractivity contribution >= 4 is 23.6 Å². The summed E-state index contributed by atoms with van der Waals surface area (Å²) < 4.78 is 11.2. The zero-order chi connectivity index (χ0) is 19.8. The number of nitrogens with one attached hydrogen (secondary N) is 1. The summed E-state index contributed by atoms with van der Waals surface area (Å²) in [5.41, 5.74) is 1.94. The highest BCUT2D eigenvalue weighted by Gasteiger charge is 2.34. The first-order valence-corrected chi connectivity index (χ1v) is 10.0. The van der Waals surface area contributed by atoms with Gasteiger partial charge >= 0.3 is 0 Å². The first-order chi connectivity index (χ1) is 13.6. The number of rotatable bonds is 7. The van der Waals surface area contributed by atoms with Crippen LogP contribution in [0.25, 0.3) is 6.08 Å². The Bertz CT molecular complexity index is 811. The first kappa shape index (κ1) is 20.4. The Kier molecular flexibility index (Phi) is 7.12. The van der Waals surface area contributed by atoms with E-state index in [0.717, 1.165) is 24.2 Å². The lowest BCUT2D eigenvalue weighted by atomic mass is 9.74. The maximum absolute atomic E-state index is 12.5. The second-order valence-electron chi connectivity index (χ2n) is 6.92. The van der Waals surface area contributed by atoms with E-state index in [0.29, 0.717) is 31.4 Å². The SMILES string of the molecule is CCOc1ccccc1C=CC(=O)NCC1(c2ccc(Cl)cc2)CCOCC1. The number of amides is 1. The average molecular weight is 400 g/mol. The van der Waals surface area contributed by atoms with Gasteiger partial charge in [-0.05, 0) is 49.6 Å². The molecule has 0 radical (unpaired) electrons. The molecule has 28 heavy (non-hydrogen) atoms. The van der Waals surface area contributed by atoms with Crippen molar-refractivity contribution in [1.82, 2.24) is 5.32 Å². The summed E-state index contributed by atoms with van der Waals surface area (Å²) in [5, 5.41) is 3.79. The Hall–Kier alpha value is -2.30. The van der Waals surface area contributed by atoms with Gasteiger partial charge in [-0.2, -0.15) is 0 Å². The quantitative estimate of drug-likeness (QED) is 0.691. The van der Waals surface area contributed by atoms with E-state index in [1.807, 2.05) is 55.5 Å². The largest absolute Gasteiger partial charge is 0.493 e. The van der Waals surface area contributed by atoms with Gasteiger partial charge in [0.25, 0.3) is 0 Å². The molecule has 1 saturated heterocycles. The molecular formula is C23H26ClNO3. The van der Waals surface area contributed by atoms with E-state index >= 15 is 0 Å². The number of para-hydroxylation sites is 1. The lowest BCUT2D eigenvalue weighted by Crippen LogP contribution is -2.44. The van der Waals surface area contributed by atoms with Crippen molar-refractivity contribution in [2.24, 2.45) is 0 Å². The van der Waals surface area contributed by atoms with Crippen molar-refractivity contribution < 1.29 is 14.3 Å². The molecule has 0 aromatic heterocycles. The summed E-state index contributed by atoms with van der Waals surface area (Å²) in [6.45, 7) is 4.47. The van der Waals surface area contributed by atoms with Crippen LogP contribution in [0.4, 0.5) is 0 Å². The van der Waals surface area contributed by atoms with Crippen molar-refractivity contribution in [3.8, 4) is 5.75 Å². The Balaban J connectivity index is 1.68. The second-order valence-corrected chi connectivity index (χ2v) is 7.36. The van der Waals surface area contributed by atoms with Crippen LogP contribution in [0.3, 0.4) is 0 Å². The summed E-state index contributed by atoms with van der Waals surface area (Å²) in [7, 11) is 0. The maximum atomic E-state index is 12.5. The average Bonchev–Trinajstić information content (AvgIpc) is 2.73. The maximum Gasteiger partial charge on any atom is 0.244 e. The van der Waals surface area contributed by atoms with Gasteiger partial charge in [0, 0.05) is 41.8 Å². The molecule has 1 fully saturated rings. The van der Waals surface area contributed by atoms with Crippen LogP contribution in [0.5, 0.6) is 5.75 Å². The predicted octanol–water partition coefficient (Wildman–Crippen LogP) is 4.62. The summed E-state index contributed by atoms with van der Waals surface area (Å²) in [5.74, 6) is 0.655. The number of ether oxygens (including phenoxy) is 2. The summed E-state index contributed by atoms with van der Waals surface area (Å²) in [6.07, 6.45) is 5.09. The monoisotopic (exact) mass is 399 g/mol. The van der Waals surface area contributed by atoms with Gasteiger partial charge < -0.3 is 14.8 Å². The molecule has 4 nitrogen and oxygen atoms in total. The molecule has 2 aromatic rings. The normalized spacial score (nSPS) is 16.1. The Morgan fingerprint density at radius 1 is 1.18 bits per heavy atom. The topological polar surface area (TPSA) is 47.6 Å². The minimum Gasteiger partial charge on any atom is -0.493 e. The minimum atomic E-state index is -0.129. The number of halogens is 1. The van der Waals surface area contributed by atoms with Gasteiger partial charge in [-0.15, -0.1) is 0 Å². The molecule has 1 aliphatic heterocycles. The minimum absolute atomic E-state index is 0.119. The van der Waals surface area contributed by atoms with Gasteiger partial charge in [0.15, 0.2) is 0 Å². The molecule has 0 saturated carbocycles. The highest BCUT2D eigenvalue weighted by molar-refractivity contribution is 6.30. The fourth-order valence-electron chi connectivity index (χ4n) is 3.52. The van der Waals surface area contributed by atoms with Crippen LogP contribution in [0, 0.1) is 0 Å². The van der Waals surface area contributed by atoms with Crippen molar-refractivity contribution in [2.45, 2.75) is 25.2 Å². The molecule has 148 valence electrons. The Morgan fingerprint density at radius 3 is 2.61 bits per heavy atom. The molecule has 0 bridgehead atoms. The fraction of sp³-hybridized carbons (Fsp3) is 0.348. The number of hydrogen-bond acceptors (Lipinski definition) is 3. The van der Waals surface area contributed by atoms with E-state index in [9.17, 15) is 4.79 Å². The lowest BCUT2D eigenvalue weighted by molar-refractivity contribution is -0.116. The van der Waals surface area contributed by atoms with E-state index in [4.69, 9.17) is 21.1 Å². The molecular weight excluding hydrogens is 374 g/mol. The number of benzene rings is 2. The van der Waals surface area contributed by atoms with E-state index in [2.05, 4.69) is 5.32 Å². The highest BCUT2D eigenvalue weighted by atomic mass is 35.5. The van der Waals surface area contributed by atoms with Gasteiger partial charge in [0.1, 0.15) is 5.75 Å². The molecule has 0 unspecified atom stereocenters. The smallest absolute Gasteiger partial charge is 0.244 e. The summed E-state index contributed by atoms with van der Waals surface area (Å²) in [4.78, 5) is 12.5. The van der Waals surface area contributed by atoms with Crippen molar-refractivity contribution in [3.63, 3.8) is 0 Å². The lowest BCUT2D eigenvalue weighted by Gasteiger charge is -2.38. The Morgan fingerprint density at radius 2 is 1.89 bits per heavy atom. The van der Waals surface area contributed by atoms with Gasteiger partial charge in [0.05, 0.1) is 6.61 Å². The van der Waals surface area contributed by atoms with E-state index in [1.165, 1.54) is 5.56 Å². The summed E-state index contributed by atoms with van der Waals surface area (Å²) in [6, 6.07) is 15.6. The van der Waals surface area contributed by atoms with Gasteiger partial charge in [-0.1, -0.05) is 41.9 Å². The number of hydrogen-bond donors (Lipinski definition) is 1. The van der Waals surface area contributed by atoms with Crippen LogP contribution in [-0.4, -0.2) is 32.3 Å². The van der Waals surface area contributed by atoms with Crippen LogP contribution in [-0.2, 0) is 14.9 Å². The van der Waals surface area contributed by atoms with E-state index in [1.54, 1.807) is 12.2 Å². The van der Waals surface area contributed by atoms with E-state index in [-0.39, 0.29) is 11.3 Å². The number of carbonyl (C=O) groups is 1. The van der Waals surface area contributed by atoms with Gasteiger partial charge in [0.2, 0.25) is 5.91 Å². The van der Waals surface area contributed by atoms with Crippen molar-refractivity contribution in [3.05, 3.63) is 70.8 Å². The highest BCUT2D eigenvalue weighted by Crippen LogP contribution is 2.35. The van der Waals surface area contributed by atoms with Crippen molar-refractivity contribution in [1.29, 1.82) is 0 Å². The molecule has 0 atom stereocenters. The van der Waals surface area contributed by atoms with Gasteiger partial charge in [-0.3, -0.25) is 4.79 Å². The van der Waals surface area contributed by atoms with Crippen LogP contribution in [0.1, 0.15) is 30.9 Å². The van der Waals surface area contributed by atoms with Crippen LogP contribution >= 0.6 is 11.6 Å². The first-order valence-electron chi connectivity index (χ1n) is 9.64. The van der Waals surface area contributed by atoms with Crippen LogP contribution in [0.2, 0.25) is 5.02 Å². The van der Waals surface area contributed by atoms with Gasteiger partial charge in [-0.25, -0.2) is 0 Å². The number of carbonyl (C=O) groups excluding carboxylic acids is 1. The molecule has 1 N–H and O–H groups in total. The summed E-state index contributed by atoms with van der Waals surface area (Å²) >= 11 is 6.04.